The molecule has 5 nitrogen and oxygen atoms in total. The zero-order valence-electron chi connectivity index (χ0n) is 22.0. The Balaban J connectivity index is 1.67. The van der Waals surface area contributed by atoms with Crippen LogP contribution < -0.4 is 4.90 Å². The topological polar surface area (TPSA) is 63.5 Å². The molecule has 1 aliphatic rings. The van der Waals surface area contributed by atoms with Crippen molar-refractivity contribution in [2.45, 2.75) is 23.9 Å². The summed E-state index contributed by atoms with van der Waals surface area (Å²) < 4.78 is 39.6. The fourth-order valence-corrected chi connectivity index (χ4v) is 6.39. The third-order valence-corrected chi connectivity index (χ3v) is 8.31. The maximum Gasteiger partial charge on any atom is 0.245 e. The van der Waals surface area contributed by atoms with E-state index in [9.17, 15) is 13.0 Å². The fourth-order valence-electron chi connectivity index (χ4n) is 5.71. The van der Waals surface area contributed by atoms with E-state index >= 15 is 0 Å². The Bertz CT molecular complexity index is 1790. The molecule has 6 heteroatoms. The first-order valence-electron chi connectivity index (χ1n) is 13.1. The minimum absolute atomic E-state index is 0.227. The Hall–Kier alpha value is -4.52. The molecule has 6 rings (SSSR count). The molecule has 0 radical (unpaired) electrons. The molecule has 1 heterocycles. The molecule has 0 unspecified atom stereocenters. The predicted octanol–water partition coefficient (Wildman–Crippen LogP) is 7.24. The summed E-state index contributed by atoms with van der Waals surface area (Å²) in [6.07, 6.45) is 1.97. The molecule has 0 spiro atoms. The summed E-state index contributed by atoms with van der Waals surface area (Å²) in [5, 5.41) is 0. The Morgan fingerprint density at radius 2 is 1.25 bits per heavy atom. The van der Waals surface area contributed by atoms with E-state index in [1.807, 2.05) is 65.8 Å². The summed E-state index contributed by atoms with van der Waals surface area (Å²) in [6.45, 7) is 2.09. The number of hydrogen-bond acceptors (Lipinski definition) is 4. The molecule has 5 aromatic carbocycles. The van der Waals surface area contributed by atoms with Crippen LogP contribution in [0, 0.1) is 6.92 Å². The molecule has 0 fully saturated rings. The van der Waals surface area contributed by atoms with E-state index in [0.29, 0.717) is 5.69 Å². The van der Waals surface area contributed by atoms with Gasteiger partial charge in [0.2, 0.25) is 6.34 Å². The third kappa shape index (κ3) is 4.72. The van der Waals surface area contributed by atoms with Gasteiger partial charge < -0.3 is 4.55 Å². The van der Waals surface area contributed by atoms with E-state index in [4.69, 9.17) is 0 Å². The molecule has 1 aliphatic heterocycles. The lowest BCUT2D eigenvalue weighted by Crippen LogP contribution is -2.27. The zero-order valence-corrected chi connectivity index (χ0v) is 22.8. The highest BCUT2D eigenvalue weighted by atomic mass is 32.2. The van der Waals surface area contributed by atoms with Crippen molar-refractivity contribution in [1.29, 1.82) is 0 Å². The first-order valence-corrected chi connectivity index (χ1v) is 14.6. The van der Waals surface area contributed by atoms with Crippen LogP contribution in [0.4, 0.5) is 11.4 Å². The molecular weight excluding hydrogens is 516 g/mol. The standard InChI is InChI=1S/C34H28N2O3S/c1-25-14-13-21-29(26-15-5-2-6-16-26)32(25)36-24-35(30-22-11-12-23-31(30)40(37,38)39)33(27-17-7-3-8-18-27)34(36)28-19-9-4-10-20-28/h2-24,33-34H,1H3/t33-,34-/m0/s1. The Morgan fingerprint density at radius 1 is 0.675 bits per heavy atom. The van der Waals surface area contributed by atoms with Crippen LogP contribution in [0.5, 0.6) is 0 Å². The van der Waals surface area contributed by atoms with Gasteiger partial charge in [-0.3, -0.25) is 0 Å². The summed E-state index contributed by atoms with van der Waals surface area (Å²) in [5.41, 5.74) is 6.67. The zero-order chi connectivity index (χ0) is 27.7. The second kappa shape index (κ2) is 10.6. The van der Waals surface area contributed by atoms with Crippen LogP contribution in [0.2, 0.25) is 0 Å². The van der Waals surface area contributed by atoms with Gasteiger partial charge in [0, 0.05) is 16.7 Å². The molecule has 0 aromatic heterocycles. The number of rotatable bonds is 6. The van der Waals surface area contributed by atoms with Crippen LogP contribution in [-0.4, -0.2) is 23.9 Å². The maximum atomic E-state index is 12.4. The summed E-state index contributed by atoms with van der Waals surface area (Å²) in [7, 11) is -4.73. The van der Waals surface area contributed by atoms with Crippen LogP contribution in [0.3, 0.4) is 0 Å². The molecule has 0 amide bonds. The van der Waals surface area contributed by atoms with Crippen LogP contribution in [0.1, 0.15) is 28.8 Å². The lowest BCUT2D eigenvalue weighted by atomic mass is 9.91. The molecule has 0 N–H and O–H groups in total. The largest absolute Gasteiger partial charge is 0.744 e. The van der Waals surface area contributed by atoms with Crippen molar-refractivity contribution in [3.63, 3.8) is 0 Å². The Labute approximate surface area is 235 Å². The van der Waals surface area contributed by atoms with E-state index in [0.717, 1.165) is 33.5 Å². The molecule has 0 aliphatic carbocycles. The summed E-state index contributed by atoms with van der Waals surface area (Å²) in [4.78, 5) is 1.70. The minimum Gasteiger partial charge on any atom is -0.744 e. The van der Waals surface area contributed by atoms with Crippen molar-refractivity contribution in [2.75, 3.05) is 4.90 Å². The minimum atomic E-state index is -4.73. The van der Waals surface area contributed by atoms with Crippen LogP contribution in [0.25, 0.3) is 11.1 Å². The van der Waals surface area contributed by atoms with Crippen molar-refractivity contribution in [2.24, 2.45) is 0 Å². The van der Waals surface area contributed by atoms with Crippen molar-refractivity contribution >= 4 is 27.8 Å². The van der Waals surface area contributed by atoms with Gasteiger partial charge in [0.25, 0.3) is 0 Å². The van der Waals surface area contributed by atoms with Gasteiger partial charge in [-0.1, -0.05) is 121 Å². The van der Waals surface area contributed by atoms with Crippen LogP contribution >= 0.6 is 0 Å². The van der Waals surface area contributed by atoms with Gasteiger partial charge in [0.15, 0.2) is 12.1 Å². The molecule has 0 saturated carbocycles. The van der Waals surface area contributed by atoms with Gasteiger partial charge in [0.1, 0.15) is 26.4 Å². The van der Waals surface area contributed by atoms with Gasteiger partial charge in [0.05, 0.1) is 0 Å². The third-order valence-electron chi connectivity index (χ3n) is 7.42. The van der Waals surface area contributed by atoms with Gasteiger partial charge in [-0.25, -0.2) is 17.9 Å². The molecule has 2 atom stereocenters. The second-order valence-corrected chi connectivity index (χ2v) is 11.2. The number of anilines is 1. The van der Waals surface area contributed by atoms with Gasteiger partial charge in [-0.15, -0.1) is 0 Å². The number of nitrogens with zero attached hydrogens (tertiary/aromatic N) is 2. The highest BCUT2D eigenvalue weighted by Crippen LogP contribution is 2.48. The lowest BCUT2D eigenvalue weighted by Gasteiger charge is -2.26. The monoisotopic (exact) mass is 544 g/mol. The molecular formula is C34H28N2O3S. The van der Waals surface area contributed by atoms with E-state index in [-0.39, 0.29) is 17.0 Å². The Morgan fingerprint density at radius 3 is 1.90 bits per heavy atom. The van der Waals surface area contributed by atoms with Crippen LogP contribution in [-0.2, 0) is 10.1 Å². The average molecular weight is 545 g/mol. The van der Waals surface area contributed by atoms with Crippen molar-refractivity contribution in [3.8, 4) is 11.1 Å². The van der Waals surface area contributed by atoms with E-state index in [1.165, 1.54) is 6.07 Å². The summed E-state index contributed by atoms with van der Waals surface area (Å²) >= 11 is 0. The smallest absolute Gasteiger partial charge is 0.245 e. The van der Waals surface area contributed by atoms with Crippen LogP contribution in [0.15, 0.2) is 138 Å². The summed E-state index contributed by atoms with van der Waals surface area (Å²) in [6, 6.07) is 42.7. The van der Waals surface area contributed by atoms with E-state index < -0.39 is 10.1 Å². The van der Waals surface area contributed by atoms with E-state index in [1.54, 1.807) is 18.2 Å². The molecule has 40 heavy (non-hydrogen) atoms. The quantitative estimate of drug-likeness (QED) is 0.167. The highest BCUT2D eigenvalue weighted by molar-refractivity contribution is 7.86. The normalized spacial score (nSPS) is 17.1. The van der Waals surface area contributed by atoms with Gasteiger partial charge in [-0.2, -0.15) is 0 Å². The number of para-hydroxylation sites is 2. The first-order chi connectivity index (χ1) is 19.4. The number of hydrogen-bond donors (Lipinski definition) is 0. The number of benzene rings is 5. The Kier molecular flexibility index (Phi) is 6.80. The highest BCUT2D eigenvalue weighted by Gasteiger charge is 2.47. The number of aryl methyl sites for hydroxylation is 1. The predicted molar refractivity (Wildman–Crippen MR) is 158 cm³/mol. The molecule has 5 aromatic rings. The van der Waals surface area contributed by atoms with Crippen molar-refractivity contribution in [1.82, 2.24) is 0 Å². The molecule has 198 valence electrons. The SMILES string of the molecule is Cc1cccc(-c2ccccc2)c1[N+]1=CN(c2ccccc2S(=O)(=O)[O-])[C@@H](c2ccccc2)[C@@H]1c1ccccc1. The van der Waals surface area contributed by atoms with Crippen molar-refractivity contribution in [3.05, 3.63) is 150 Å². The fraction of sp³-hybridized carbons (Fsp3) is 0.0882. The van der Waals surface area contributed by atoms with Gasteiger partial charge in [-0.05, 0) is 30.2 Å². The second-order valence-electron chi connectivity index (χ2n) is 9.90. The lowest BCUT2D eigenvalue weighted by molar-refractivity contribution is -0.481. The molecule has 0 bridgehead atoms. The molecule has 0 saturated heterocycles. The van der Waals surface area contributed by atoms with Crippen molar-refractivity contribution < 1.29 is 17.5 Å². The van der Waals surface area contributed by atoms with E-state index in [2.05, 4.69) is 66.1 Å². The average Bonchev–Trinajstić information content (AvgIpc) is 3.38. The first kappa shape index (κ1) is 25.7. The van der Waals surface area contributed by atoms with Gasteiger partial charge >= 0.3 is 0 Å². The summed E-state index contributed by atoms with van der Waals surface area (Å²) in [5.74, 6) is 0. The maximum absolute atomic E-state index is 12.4.